The molecule has 3 aromatic rings. The molecular weight excluding hydrogens is 246 g/mol. The predicted octanol–water partition coefficient (Wildman–Crippen LogP) is 5.47. The van der Waals surface area contributed by atoms with Crippen LogP contribution >= 0.6 is 0 Å². The normalized spacial score (nSPS) is 11.8. The Kier molecular flexibility index (Phi) is 3.01. The fourth-order valence-corrected chi connectivity index (χ4v) is 2.27. The van der Waals surface area contributed by atoms with Crippen molar-refractivity contribution >= 4 is 22.3 Å². The number of hydrogen-bond acceptors (Lipinski definition) is 2. The molecular formula is C18H19NO. The van der Waals surface area contributed by atoms with Crippen molar-refractivity contribution in [3.63, 3.8) is 0 Å². The summed E-state index contributed by atoms with van der Waals surface area (Å²) in [6.07, 6.45) is 1.78. The molecule has 0 bridgehead atoms. The number of fused-ring (bicyclic) bond motifs is 1. The lowest BCUT2D eigenvalue weighted by Crippen LogP contribution is -2.10. The zero-order valence-electron chi connectivity index (χ0n) is 12.1. The van der Waals surface area contributed by atoms with Crippen molar-refractivity contribution in [2.75, 3.05) is 5.32 Å². The SMILES string of the molecule is CC(C)(C)c1ccc(Nc2occ3ccccc23)cc1. The van der Waals surface area contributed by atoms with Crippen molar-refractivity contribution < 1.29 is 4.42 Å². The van der Waals surface area contributed by atoms with E-state index in [1.807, 2.05) is 18.2 Å². The first kappa shape index (κ1) is 12.8. The maximum absolute atomic E-state index is 5.61. The van der Waals surface area contributed by atoms with E-state index < -0.39 is 0 Å². The van der Waals surface area contributed by atoms with E-state index in [0.29, 0.717) is 0 Å². The van der Waals surface area contributed by atoms with Gasteiger partial charge in [-0.2, -0.15) is 0 Å². The fourth-order valence-electron chi connectivity index (χ4n) is 2.27. The van der Waals surface area contributed by atoms with Gasteiger partial charge in [0.1, 0.15) is 6.26 Å². The summed E-state index contributed by atoms with van der Waals surface area (Å²) in [5.74, 6) is 0.795. The molecule has 0 atom stereocenters. The second-order valence-corrected chi connectivity index (χ2v) is 6.10. The van der Waals surface area contributed by atoms with E-state index in [0.717, 1.165) is 22.3 Å². The van der Waals surface area contributed by atoms with Crippen LogP contribution in [0.15, 0.2) is 59.2 Å². The van der Waals surface area contributed by atoms with Crippen LogP contribution in [0, 0.1) is 0 Å². The van der Waals surface area contributed by atoms with E-state index >= 15 is 0 Å². The van der Waals surface area contributed by atoms with Gasteiger partial charge >= 0.3 is 0 Å². The summed E-state index contributed by atoms with van der Waals surface area (Å²) >= 11 is 0. The molecule has 0 amide bonds. The molecule has 3 rings (SSSR count). The third-order valence-corrected chi connectivity index (χ3v) is 3.52. The van der Waals surface area contributed by atoms with Crippen molar-refractivity contribution in [3.05, 3.63) is 60.4 Å². The smallest absolute Gasteiger partial charge is 0.204 e. The lowest BCUT2D eigenvalue weighted by Gasteiger charge is -2.19. The van der Waals surface area contributed by atoms with Crippen molar-refractivity contribution in [2.45, 2.75) is 26.2 Å². The summed E-state index contributed by atoms with van der Waals surface area (Å²) in [5.41, 5.74) is 2.54. The standard InChI is InChI=1S/C18H19NO/c1-18(2,3)14-8-10-15(11-9-14)19-17-16-7-5-4-6-13(16)12-20-17/h4-12,19H,1-3H3. The van der Waals surface area contributed by atoms with Gasteiger partial charge in [0.15, 0.2) is 0 Å². The van der Waals surface area contributed by atoms with Gasteiger partial charge in [-0.05, 0) is 29.2 Å². The van der Waals surface area contributed by atoms with Gasteiger partial charge in [-0.3, -0.25) is 0 Å². The van der Waals surface area contributed by atoms with Gasteiger partial charge in [-0.15, -0.1) is 0 Å². The lowest BCUT2D eigenvalue weighted by atomic mass is 9.87. The van der Waals surface area contributed by atoms with Gasteiger partial charge in [0.05, 0.1) is 0 Å². The zero-order valence-corrected chi connectivity index (χ0v) is 12.1. The Labute approximate surface area is 119 Å². The molecule has 2 heteroatoms. The van der Waals surface area contributed by atoms with Crippen LogP contribution in [0.3, 0.4) is 0 Å². The topological polar surface area (TPSA) is 25.2 Å². The van der Waals surface area contributed by atoms with Gasteiger partial charge < -0.3 is 9.73 Å². The highest BCUT2D eigenvalue weighted by Gasteiger charge is 2.13. The molecule has 0 radical (unpaired) electrons. The third kappa shape index (κ3) is 2.42. The summed E-state index contributed by atoms with van der Waals surface area (Å²) in [6, 6.07) is 16.7. The average molecular weight is 265 g/mol. The van der Waals surface area contributed by atoms with E-state index in [1.54, 1.807) is 6.26 Å². The van der Waals surface area contributed by atoms with Gasteiger partial charge in [-0.1, -0.05) is 51.1 Å². The first-order valence-corrected chi connectivity index (χ1v) is 6.88. The highest BCUT2D eigenvalue weighted by molar-refractivity contribution is 5.92. The largest absolute Gasteiger partial charge is 0.447 e. The number of furan rings is 1. The van der Waals surface area contributed by atoms with E-state index in [1.165, 1.54) is 5.56 Å². The molecule has 2 aromatic carbocycles. The third-order valence-electron chi connectivity index (χ3n) is 3.52. The molecule has 0 aliphatic carbocycles. The number of anilines is 2. The number of hydrogen-bond donors (Lipinski definition) is 1. The average Bonchev–Trinajstić information content (AvgIpc) is 2.82. The summed E-state index contributed by atoms with van der Waals surface area (Å²) in [6.45, 7) is 6.65. The molecule has 0 spiro atoms. The van der Waals surface area contributed by atoms with Crippen LogP contribution in [0.25, 0.3) is 10.8 Å². The van der Waals surface area contributed by atoms with Gasteiger partial charge in [0.2, 0.25) is 5.88 Å². The second-order valence-electron chi connectivity index (χ2n) is 6.10. The number of nitrogens with one attached hydrogen (secondary N) is 1. The maximum Gasteiger partial charge on any atom is 0.204 e. The predicted molar refractivity (Wildman–Crippen MR) is 84.6 cm³/mol. The summed E-state index contributed by atoms with van der Waals surface area (Å²) in [7, 11) is 0. The summed E-state index contributed by atoms with van der Waals surface area (Å²) in [4.78, 5) is 0. The Morgan fingerprint density at radius 1 is 0.900 bits per heavy atom. The molecule has 0 aliphatic heterocycles. The van der Waals surface area contributed by atoms with Crippen LogP contribution in [0.1, 0.15) is 26.3 Å². The molecule has 0 unspecified atom stereocenters. The Morgan fingerprint density at radius 2 is 1.60 bits per heavy atom. The molecule has 20 heavy (non-hydrogen) atoms. The Balaban J connectivity index is 1.88. The second kappa shape index (κ2) is 4.71. The van der Waals surface area contributed by atoms with Crippen molar-refractivity contribution in [1.82, 2.24) is 0 Å². The molecule has 2 nitrogen and oxygen atoms in total. The first-order chi connectivity index (χ1) is 9.54. The highest BCUT2D eigenvalue weighted by Crippen LogP contribution is 2.29. The molecule has 0 saturated heterocycles. The number of benzene rings is 2. The van der Waals surface area contributed by atoms with E-state index in [-0.39, 0.29) is 5.41 Å². The van der Waals surface area contributed by atoms with Crippen LogP contribution < -0.4 is 5.32 Å². The van der Waals surface area contributed by atoms with E-state index in [9.17, 15) is 0 Å². The first-order valence-electron chi connectivity index (χ1n) is 6.88. The molecule has 1 N–H and O–H groups in total. The molecule has 0 saturated carbocycles. The number of rotatable bonds is 2. The maximum atomic E-state index is 5.61. The zero-order chi connectivity index (χ0) is 14.2. The van der Waals surface area contributed by atoms with Gasteiger partial charge in [0, 0.05) is 16.5 Å². The minimum Gasteiger partial charge on any atom is -0.447 e. The minimum absolute atomic E-state index is 0.176. The van der Waals surface area contributed by atoms with Gasteiger partial charge in [0.25, 0.3) is 0 Å². The molecule has 0 fully saturated rings. The van der Waals surface area contributed by atoms with Crippen molar-refractivity contribution in [1.29, 1.82) is 0 Å². The highest BCUT2D eigenvalue weighted by atomic mass is 16.3. The quantitative estimate of drug-likeness (QED) is 0.664. The van der Waals surface area contributed by atoms with E-state index in [2.05, 4.69) is 56.4 Å². The van der Waals surface area contributed by atoms with Crippen LogP contribution in [0.2, 0.25) is 0 Å². The molecule has 0 aliphatic rings. The van der Waals surface area contributed by atoms with Crippen LogP contribution in [0.4, 0.5) is 11.6 Å². The summed E-state index contributed by atoms with van der Waals surface area (Å²) < 4.78 is 5.61. The molecule has 1 aromatic heterocycles. The van der Waals surface area contributed by atoms with Crippen LogP contribution in [-0.2, 0) is 5.41 Å². The van der Waals surface area contributed by atoms with Crippen LogP contribution in [-0.4, -0.2) is 0 Å². The van der Waals surface area contributed by atoms with Crippen LogP contribution in [0.5, 0.6) is 0 Å². The summed E-state index contributed by atoms with van der Waals surface area (Å²) in [5, 5.41) is 5.56. The molecule has 1 heterocycles. The Hall–Kier alpha value is -2.22. The van der Waals surface area contributed by atoms with Gasteiger partial charge in [-0.25, -0.2) is 0 Å². The minimum atomic E-state index is 0.176. The Bertz CT molecular complexity index is 717. The van der Waals surface area contributed by atoms with E-state index in [4.69, 9.17) is 4.42 Å². The Morgan fingerprint density at radius 3 is 2.30 bits per heavy atom. The monoisotopic (exact) mass is 265 g/mol. The fraction of sp³-hybridized carbons (Fsp3) is 0.222. The lowest BCUT2D eigenvalue weighted by molar-refractivity contribution is 0.588. The van der Waals surface area contributed by atoms with Crippen molar-refractivity contribution in [2.24, 2.45) is 0 Å². The van der Waals surface area contributed by atoms with Crippen molar-refractivity contribution in [3.8, 4) is 0 Å². The molecule has 102 valence electrons.